The molecule has 3 heteroatoms. The van der Waals surface area contributed by atoms with E-state index in [9.17, 15) is 9.90 Å². The molecule has 3 rings (SSSR count). The first-order chi connectivity index (χ1) is 8.44. The first-order valence-electron chi connectivity index (χ1n) is 6.21. The van der Waals surface area contributed by atoms with Crippen LogP contribution < -0.4 is 0 Å². The molecule has 1 aliphatic carbocycles. The predicted octanol–water partition coefficient (Wildman–Crippen LogP) is 3.00. The lowest BCUT2D eigenvalue weighted by Crippen LogP contribution is -2.03. The second-order valence-electron chi connectivity index (χ2n) is 5.82. The van der Waals surface area contributed by atoms with E-state index in [0.717, 1.165) is 0 Å². The summed E-state index contributed by atoms with van der Waals surface area (Å²) < 4.78 is 2.07. The van der Waals surface area contributed by atoms with Crippen LogP contribution in [0.4, 0.5) is 0 Å². The van der Waals surface area contributed by atoms with Gasteiger partial charge < -0.3 is 9.67 Å². The molecule has 2 atom stereocenters. The first kappa shape index (κ1) is 11.3. The molecule has 1 aromatic carbocycles. The molecule has 1 fully saturated rings. The quantitative estimate of drug-likeness (QED) is 0.881. The number of aryl methyl sites for hydroxylation is 1. The van der Waals surface area contributed by atoms with Gasteiger partial charge in [0.2, 0.25) is 0 Å². The molecule has 1 aliphatic rings. The van der Waals surface area contributed by atoms with Gasteiger partial charge in [-0.2, -0.15) is 0 Å². The SMILES string of the molecule is Cn1ccc2c([C@H]3[C@H](C(=O)O)C3(C)C)cccc21. The molecule has 94 valence electrons. The zero-order valence-corrected chi connectivity index (χ0v) is 10.8. The lowest BCUT2D eigenvalue weighted by molar-refractivity contribution is -0.139. The summed E-state index contributed by atoms with van der Waals surface area (Å²) in [7, 11) is 2.01. The van der Waals surface area contributed by atoms with Crippen LogP contribution in [0.5, 0.6) is 0 Å². The second-order valence-corrected chi connectivity index (χ2v) is 5.82. The van der Waals surface area contributed by atoms with E-state index >= 15 is 0 Å². The fourth-order valence-electron chi connectivity index (χ4n) is 3.28. The van der Waals surface area contributed by atoms with E-state index in [1.165, 1.54) is 16.5 Å². The summed E-state index contributed by atoms with van der Waals surface area (Å²) >= 11 is 0. The van der Waals surface area contributed by atoms with E-state index in [0.29, 0.717) is 0 Å². The Hall–Kier alpha value is -1.77. The minimum Gasteiger partial charge on any atom is -0.481 e. The van der Waals surface area contributed by atoms with Gasteiger partial charge in [0.15, 0.2) is 0 Å². The highest BCUT2D eigenvalue weighted by Crippen LogP contribution is 2.65. The van der Waals surface area contributed by atoms with E-state index in [1.807, 2.05) is 33.2 Å². The average molecular weight is 243 g/mol. The third-order valence-electron chi connectivity index (χ3n) is 4.39. The fourth-order valence-corrected chi connectivity index (χ4v) is 3.28. The number of carboxylic acid groups (broad SMARTS) is 1. The van der Waals surface area contributed by atoms with Crippen LogP contribution in [0.25, 0.3) is 10.9 Å². The number of rotatable bonds is 2. The van der Waals surface area contributed by atoms with Gasteiger partial charge in [-0.15, -0.1) is 0 Å². The van der Waals surface area contributed by atoms with Crippen molar-refractivity contribution in [1.29, 1.82) is 0 Å². The molecular formula is C15H17NO2. The zero-order chi connectivity index (χ0) is 13.1. The maximum atomic E-state index is 11.3. The van der Waals surface area contributed by atoms with Crippen LogP contribution in [0, 0.1) is 11.3 Å². The zero-order valence-electron chi connectivity index (χ0n) is 10.8. The first-order valence-corrected chi connectivity index (χ1v) is 6.21. The number of hydrogen-bond acceptors (Lipinski definition) is 1. The number of nitrogens with zero attached hydrogens (tertiary/aromatic N) is 1. The van der Waals surface area contributed by atoms with Crippen LogP contribution in [0.3, 0.4) is 0 Å². The smallest absolute Gasteiger partial charge is 0.307 e. The van der Waals surface area contributed by atoms with Crippen molar-refractivity contribution < 1.29 is 9.90 Å². The van der Waals surface area contributed by atoms with E-state index < -0.39 is 5.97 Å². The summed E-state index contributed by atoms with van der Waals surface area (Å²) in [5.74, 6) is -0.817. The van der Waals surface area contributed by atoms with Crippen molar-refractivity contribution in [3.63, 3.8) is 0 Å². The van der Waals surface area contributed by atoms with Gasteiger partial charge >= 0.3 is 5.97 Å². The largest absolute Gasteiger partial charge is 0.481 e. The minimum absolute atomic E-state index is 0.126. The Labute approximate surface area is 106 Å². The average Bonchev–Trinajstić information content (AvgIpc) is 2.67. The van der Waals surface area contributed by atoms with Crippen molar-refractivity contribution in [3.05, 3.63) is 36.0 Å². The molecule has 1 heterocycles. The van der Waals surface area contributed by atoms with Gasteiger partial charge in [-0.05, 0) is 23.1 Å². The highest BCUT2D eigenvalue weighted by atomic mass is 16.4. The number of carboxylic acids is 1. The van der Waals surface area contributed by atoms with Crippen LogP contribution in [0.1, 0.15) is 25.3 Å². The van der Waals surface area contributed by atoms with Gasteiger partial charge in [0.25, 0.3) is 0 Å². The molecule has 0 unspecified atom stereocenters. The Morgan fingerprint density at radius 2 is 2.06 bits per heavy atom. The van der Waals surface area contributed by atoms with Gasteiger partial charge in [0, 0.05) is 30.1 Å². The lowest BCUT2D eigenvalue weighted by atomic mass is 10.00. The number of carbonyl (C=O) groups is 1. The standard InChI is InChI=1S/C15H17NO2/c1-15(2)12(13(15)14(17)18)10-5-4-6-11-9(10)7-8-16(11)3/h4-8,12-13H,1-3H3,(H,17,18)/t12-,13+/m0/s1. The molecule has 0 saturated heterocycles. The molecule has 0 aliphatic heterocycles. The Bertz CT molecular complexity index is 639. The summed E-state index contributed by atoms with van der Waals surface area (Å²) in [6.45, 7) is 4.08. The summed E-state index contributed by atoms with van der Waals surface area (Å²) in [6.07, 6.45) is 2.03. The summed E-state index contributed by atoms with van der Waals surface area (Å²) in [5.41, 5.74) is 2.19. The molecule has 1 saturated carbocycles. The van der Waals surface area contributed by atoms with Gasteiger partial charge in [0.05, 0.1) is 5.92 Å². The molecule has 1 aromatic heterocycles. The summed E-state index contributed by atoms with van der Waals surface area (Å²) in [4.78, 5) is 11.3. The number of hydrogen-bond donors (Lipinski definition) is 1. The van der Waals surface area contributed by atoms with Crippen molar-refractivity contribution in [1.82, 2.24) is 4.57 Å². The summed E-state index contributed by atoms with van der Waals surface area (Å²) in [6, 6.07) is 8.24. The van der Waals surface area contributed by atoms with Crippen molar-refractivity contribution in [2.45, 2.75) is 19.8 Å². The topological polar surface area (TPSA) is 42.2 Å². The van der Waals surface area contributed by atoms with Crippen molar-refractivity contribution in [2.24, 2.45) is 18.4 Å². The van der Waals surface area contributed by atoms with Crippen LogP contribution in [0.15, 0.2) is 30.5 Å². The third-order valence-corrected chi connectivity index (χ3v) is 4.39. The molecule has 18 heavy (non-hydrogen) atoms. The van der Waals surface area contributed by atoms with Gasteiger partial charge in [0.1, 0.15) is 0 Å². The highest BCUT2D eigenvalue weighted by Gasteiger charge is 2.62. The van der Waals surface area contributed by atoms with Gasteiger partial charge in [-0.1, -0.05) is 26.0 Å². The maximum absolute atomic E-state index is 11.3. The van der Waals surface area contributed by atoms with E-state index in [1.54, 1.807) is 0 Å². The second kappa shape index (κ2) is 3.37. The highest BCUT2D eigenvalue weighted by molar-refractivity contribution is 5.87. The van der Waals surface area contributed by atoms with Crippen molar-refractivity contribution in [3.8, 4) is 0 Å². The van der Waals surface area contributed by atoms with Crippen LogP contribution in [-0.2, 0) is 11.8 Å². The van der Waals surface area contributed by atoms with Crippen LogP contribution in [0.2, 0.25) is 0 Å². The Morgan fingerprint density at radius 1 is 1.33 bits per heavy atom. The summed E-state index contributed by atoms with van der Waals surface area (Å²) in [5, 5.41) is 10.5. The Morgan fingerprint density at radius 3 is 2.67 bits per heavy atom. The molecule has 0 spiro atoms. The maximum Gasteiger partial charge on any atom is 0.307 e. The van der Waals surface area contributed by atoms with E-state index in [2.05, 4.69) is 22.8 Å². The molecule has 0 radical (unpaired) electrons. The molecule has 2 aromatic rings. The monoisotopic (exact) mass is 243 g/mol. The third kappa shape index (κ3) is 1.33. The molecule has 1 N–H and O–H groups in total. The van der Waals surface area contributed by atoms with Crippen molar-refractivity contribution in [2.75, 3.05) is 0 Å². The normalized spacial score (nSPS) is 25.3. The number of fused-ring (bicyclic) bond motifs is 1. The lowest BCUT2D eigenvalue weighted by Gasteiger charge is -2.05. The van der Waals surface area contributed by atoms with Crippen LogP contribution in [-0.4, -0.2) is 15.6 Å². The molecule has 0 amide bonds. The fraction of sp³-hybridized carbons (Fsp3) is 0.400. The molecule has 0 bridgehead atoms. The van der Waals surface area contributed by atoms with Crippen molar-refractivity contribution >= 4 is 16.9 Å². The molecular weight excluding hydrogens is 226 g/mol. The Balaban J connectivity index is 2.14. The van der Waals surface area contributed by atoms with E-state index in [-0.39, 0.29) is 17.3 Å². The molecule has 3 nitrogen and oxygen atoms in total. The van der Waals surface area contributed by atoms with Gasteiger partial charge in [-0.25, -0.2) is 0 Å². The van der Waals surface area contributed by atoms with Gasteiger partial charge in [-0.3, -0.25) is 4.79 Å². The van der Waals surface area contributed by atoms with E-state index in [4.69, 9.17) is 0 Å². The van der Waals surface area contributed by atoms with Crippen LogP contribution >= 0.6 is 0 Å². The Kier molecular flexibility index (Phi) is 2.12. The number of aromatic nitrogens is 1. The number of aliphatic carboxylic acids is 1. The predicted molar refractivity (Wildman–Crippen MR) is 70.6 cm³/mol. The minimum atomic E-state index is -0.682. The number of benzene rings is 1.